The Hall–Kier alpha value is -2.50. The Morgan fingerprint density at radius 2 is 1.49 bits per heavy atom. The number of fused-ring (bicyclic) bond motifs is 2. The van der Waals surface area contributed by atoms with Gasteiger partial charge in [0.05, 0.1) is 6.10 Å². The maximum absolute atomic E-state index is 12.4. The fourth-order valence-corrected chi connectivity index (χ4v) is 7.02. The molecular formula is C32H42N2O3. The van der Waals surface area contributed by atoms with Gasteiger partial charge < -0.3 is 10.0 Å². The Morgan fingerprint density at radius 1 is 0.784 bits per heavy atom. The monoisotopic (exact) mass is 502 g/mol. The molecule has 1 amide bonds. The van der Waals surface area contributed by atoms with Crippen LogP contribution in [0, 0.1) is 23.7 Å². The van der Waals surface area contributed by atoms with Crippen LogP contribution in [-0.2, 0) is 11.3 Å². The molecule has 4 aliphatic rings. The van der Waals surface area contributed by atoms with Crippen molar-refractivity contribution < 1.29 is 14.7 Å². The fraction of sp³-hybridized carbons (Fsp3) is 0.562. The third-order valence-corrected chi connectivity index (χ3v) is 9.15. The van der Waals surface area contributed by atoms with Gasteiger partial charge in [-0.2, -0.15) is 0 Å². The number of rotatable bonds is 3. The number of carbonyl (C=O) groups excluding carboxylic acids is 2. The molecule has 5 atom stereocenters. The first kappa shape index (κ1) is 26.1. The number of Topliss-reactive ketones (excluding diaryl/α,β-unsaturated/α-hetero) is 1. The second-order valence-corrected chi connectivity index (χ2v) is 11.7. The summed E-state index contributed by atoms with van der Waals surface area (Å²) in [5.41, 5.74) is 2.19. The second-order valence-electron chi connectivity index (χ2n) is 11.7. The number of hydrogen-bond donors (Lipinski definition) is 1. The summed E-state index contributed by atoms with van der Waals surface area (Å²) in [4.78, 5) is 28.4. The van der Waals surface area contributed by atoms with Crippen molar-refractivity contribution in [2.75, 3.05) is 26.2 Å². The van der Waals surface area contributed by atoms with Crippen LogP contribution in [0.2, 0.25) is 0 Å². The predicted molar refractivity (Wildman–Crippen MR) is 146 cm³/mol. The van der Waals surface area contributed by atoms with E-state index in [0.717, 1.165) is 69.1 Å². The molecule has 1 N–H and O–H groups in total. The zero-order valence-electron chi connectivity index (χ0n) is 22.0. The highest BCUT2D eigenvalue weighted by Gasteiger charge is 2.36. The molecule has 198 valence electrons. The summed E-state index contributed by atoms with van der Waals surface area (Å²) >= 11 is 0. The number of aliphatic hydroxyl groups excluding tert-OH is 1. The Bertz CT molecular complexity index is 1030. The minimum atomic E-state index is -0.0214. The summed E-state index contributed by atoms with van der Waals surface area (Å²) in [5.74, 6) is 3.19. The lowest BCUT2D eigenvalue weighted by molar-refractivity contribution is -0.123. The lowest BCUT2D eigenvalue weighted by Gasteiger charge is -2.42. The first-order valence-corrected chi connectivity index (χ1v) is 14.4. The van der Waals surface area contributed by atoms with E-state index in [0.29, 0.717) is 24.0 Å². The normalized spacial score (nSPS) is 29.9. The van der Waals surface area contributed by atoms with Crippen molar-refractivity contribution in [1.82, 2.24) is 9.80 Å². The number of hydrogen-bond acceptors (Lipinski definition) is 4. The molecule has 0 aromatic heterocycles. The second kappa shape index (κ2) is 12.4. The maximum atomic E-state index is 12.4. The molecule has 3 unspecified atom stereocenters. The van der Waals surface area contributed by atoms with Crippen molar-refractivity contribution >= 4 is 11.7 Å². The minimum absolute atomic E-state index is 0.0214. The van der Waals surface area contributed by atoms with Crippen molar-refractivity contribution in [1.29, 1.82) is 0 Å². The standard InChI is InChI=1S/C16H19NO2.C16H23NO/c18-15-7-6-14-11-17(9-8-13(14)10-15)16(19)12-4-2-1-3-5-12;18-16-7-6-15-12-17(9-8-14(15)10-16)11-13-4-2-1-3-5-13/h1-5,13-14H,6-11H2;1-5,14-16,18H,6-12H2/t13-,14+;/m0./s1. The molecule has 0 spiro atoms. The summed E-state index contributed by atoms with van der Waals surface area (Å²) in [6, 6.07) is 20.2. The van der Waals surface area contributed by atoms with Crippen molar-refractivity contribution in [3.63, 3.8) is 0 Å². The smallest absolute Gasteiger partial charge is 0.253 e. The molecule has 37 heavy (non-hydrogen) atoms. The van der Waals surface area contributed by atoms with Crippen LogP contribution in [0.4, 0.5) is 0 Å². The molecule has 2 saturated carbocycles. The predicted octanol–water partition coefficient (Wildman–Crippen LogP) is 5.19. The van der Waals surface area contributed by atoms with E-state index in [1.165, 1.54) is 31.5 Å². The van der Waals surface area contributed by atoms with Crippen molar-refractivity contribution in [2.24, 2.45) is 23.7 Å². The molecule has 5 nitrogen and oxygen atoms in total. The highest BCUT2D eigenvalue weighted by atomic mass is 16.3. The molecular weight excluding hydrogens is 460 g/mol. The first-order chi connectivity index (χ1) is 18.0. The van der Waals surface area contributed by atoms with Crippen LogP contribution < -0.4 is 0 Å². The van der Waals surface area contributed by atoms with Crippen LogP contribution >= 0.6 is 0 Å². The Balaban J connectivity index is 0.000000152. The van der Waals surface area contributed by atoms with E-state index < -0.39 is 0 Å². The van der Waals surface area contributed by atoms with Crippen LogP contribution in [0.5, 0.6) is 0 Å². The van der Waals surface area contributed by atoms with Gasteiger partial charge in [-0.3, -0.25) is 14.5 Å². The van der Waals surface area contributed by atoms with Crippen molar-refractivity contribution in [3.05, 3.63) is 71.8 Å². The molecule has 0 radical (unpaired) electrons. The van der Waals surface area contributed by atoms with Gasteiger partial charge in [0.15, 0.2) is 0 Å². The number of likely N-dealkylation sites (tertiary alicyclic amines) is 2. The molecule has 4 fully saturated rings. The molecule has 2 aromatic rings. The van der Waals surface area contributed by atoms with E-state index in [1.54, 1.807) is 0 Å². The number of nitrogens with zero attached hydrogens (tertiary/aromatic N) is 2. The van der Waals surface area contributed by atoms with Gasteiger partial charge in [-0.15, -0.1) is 0 Å². The van der Waals surface area contributed by atoms with Gasteiger partial charge in [0, 0.05) is 44.6 Å². The average Bonchev–Trinajstić information content (AvgIpc) is 2.94. The Labute approximate surface area is 221 Å². The Morgan fingerprint density at radius 3 is 2.27 bits per heavy atom. The van der Waals surface area contributed by atoms with Crippen molar-refractivity contribution in [2.45, 2.75) is 64.0 Å². The summed E-state index contributed by atoms with van der Waals surface area (Å²) in [6.07, 6.45) is 7.91. The molecule has 0 bridgehead atoms. The molecule has 6 rings (SSSR count). The number of aliphatic hydroxyl groups is 1. The number of carbonyl (C=O) groups is 2. The van der Waals surface area contributed by atoms with E-state index in [1.807, 2.05) is 35.2 Å². The fourth-order valence-electron chi connectivity index (χ4n) is 7.02. The third kappa shape index (κ3) is 6.88. The molecule has 5 heteroatoms. The first-order valence-electron chi connectivity index (χ1n) is 14.4. The maximum Gasteiger partial charge on any atom is 0.253 e. The van der Waals surface area contributed by atoms with Crippen LogP contribution in [0.3, 0.4) is 0 Å². The van der Waals surface area contributed by atoms with Gasteiger partial charge in [-0.05, 0) is 86.4 Å². The molecule has 2 aliphatic heterocycles. The van der Waals surface area contributed by atoms with Gasteiger partial charge in [-0.1, -0.05) is 48.5 Å². The van der Waals surface area contributed by atoms with Crippen LogP contribution in [0.25, 0.3) is 0 Å². The van der Waals surface area contributed by atoms with Gasteiger partial charge in [0.25, 0.3) is 5.91 Å². The summed E-state index contributed by atoms with van der Waals surface area (Å²) in [6.45, 7) is 5.13. The zero-order valence-corrected chi connectivity index (χ0v) is 22.0. The van der Waals surface area contributed by atoms with Gasteiger partial charge in [-0.25, -0.2) is 0 Å². The summed E-state index contributed by atoms with van der Waals surface area (Å²) in [7, 11) is 0. The number of piperidine rings is 2. The minimum Gasteiger partial charge on any atom is -0.393 e. The Kier molecular flexibility index (Phi) is 8.73. The highest BCUT2D eigenvalue weighted by molar-refractivity contribution is 5.94. The third-order valence-electron chi connectivity index (χ3n) is 9.15. The van der Waals surface area contributed by atoms with E-state index >= 15 is 0 Å². The lowest BCUT2D eigenvalue weighted by atomic mass is 9.74. The molecule has 2 saturated heterocycles. The van der Waals surface area contributed by atoms with Crippen LogP contribution in [0.1, 0.15) is 67.3 Å². The average molecular weight is 503 g/mol. The van der Waals surface area contributed by atoms with E-state index in [4.69, 9.17) is 0 Å². The zero-order chi connectivity index (χ0) is 25.6. The largest absolute Gasteiger partial charge is 0.393 e. The molecule has 2 aliphatic carbocycles. The summed E-state index contributed by atoms with van der Waals surface area (Å²) in [5, 5.41) is 9.74. The van der Waals surface area contributed by atoms with Crippen LogP contribution in [-0.4, -0.2) is 58.9 Å². The lowest BCUT2D eigenvalue weighted by Crippen LogP contribution is -2.45. The highest BCUT2D eigenvalue weighted by Crippen LogP contribution is 2.37. The molecule has 2 heterocycles. The topological polar surface area (TPSA) is 60.9 Å². The SMILES string of the molecule is O=C1CC[C@@H]2CN(C(=O)c3ccccc3)CC[C@H]2C1.OC1CCC2CN(Cc3ccccc3)CCC2C1. The van der Waals surface area contributed by atoms with Crippen molar-refractivity contribution in [3.8, 4) is 0 Å². The van der Waals surface area contributed by atoms with Gasteiger partial charge in [0.1, 0.15) is 5.78 Å². The number of amides is 1. The van der Waals surface area contributed by atoms with Gasteiger partial charge in [0.2, 0.25) is 0 Å². The van der Waals surface area contributed by atoms with Gasteiger partial charge >= 0.3 is 0 Å². The molecule has 2 aromatic carbocycles. The number of ketones is 1. The van der Waals surface area contributed by atoms with E-state index in [2.05, 4.69) is 35.2 Å². The van der Waals surface area contributed by atoms with E-state index in [-0.39, 0.29) is 12.0 Å². The number of benzene rings is 2. The van der Waals surface area contributed by atoms with Crippen LogP contribution in [0.15, 0.2) is 60.7 Å². The summed E-state index contributed by atoms with van der Waals surface area (Å²) < 4.78 is 0. The van der Waals surface area contributed by atoms with E-state index in [9.17, 15) is 14.7 Å². The quantitative estimate of drug-likeness (QED) is 0.628.